The molecule has 2 rings (SSSR count). The van der Waals surface area contributed by atoms with E-state index in [4.69, 9.17) is 21.4 Å². The lowest BCUT2D eigenvalue weighted by molar-refractivity contribution is -0.138. The van der Waals surface area contributed by atoms with Gasteiger partial charge in [-0.15, -0.1) is 0 Å². The summed E-state index contributed by atoms with van der Waals surface area (Å²) in [6.45, 7) is 4.23. The molecule has 21 heavy (non-hydrogen) atoms. The number of benzene rings is 1. The first-order valence-electron chi connectivity index (χ1n) is 7.13. The van der Waals surface area contributed by atoms with Crippen LogP contribution in [0.4, 0.5) is 0 Å². The Bertz CT molecular complexity index is 462. The number of rotatable bonds is 6. The third-order valence-electron chi connectivity index (χ3n) is 3.58. The van der Waals surface area contributed by atoms with Crippen LogP contribution in [0.2, 0.25) is 5.02 Å². The van der Waals surface area contributed by atoms with Crippen LogP contribution < -0.4 is 0 Å². The summed E-state index contributed by atoms with van der Waals surface area (Å²) >= 11 is 6.03. The Balaban J connectivity index is 1.70. The fourth-order valence-electron chi connectivity index (χ4n) is 2.32. The SMILES string of the molecule is O=C(COCc1ccccc1Cl)N1CCN(CCO)CC1. The zero-order chi connectivity index (χ0) is 15.1. The number of β-amino-alcohol motifs (C(OH)–C–C–N with tert-alkyl or cyclic N) is 1. The molecule has 0 bridgehead atoms. The summed E-state index contributed by atoms with van der Waals surface area (Å²) in [4.78, 5) is 16.0. The van der Waals surface area contributed by atoms with Crippen molar-refractivity contribution in [3.05, 3.63) is 34.9 Å². The Morgan fingerprint density at radius 3 is 2.62 bits per heavy atom. The molecule has 116 valence electrons. The van der Waals surface area contributed by atoms with Gasteiger partial charge in [0.25, 0.3) is 0 Å². The van der Waals surface area contributed by atoms with Crippen molar-refractivity contribution in [2.75, 3.05) is 45.9 Å². The lowest BCUT2D eigenvalue weighted by Crippen LogP contribution is -2.50. The summed E-state index contributed by atoms with van der Waals surface area (Å²) in [6.07, 6.45) is 0. The number of piperazine rings is 1. The highest BCUT2D eigenvalue weighted by molar-refractivity contribution is 6.31. The smallest absolute Gasteiger partial charge is 0.248 e. The summed E-state index contributed by atoms with van der Waals surface area (Å²) in [5.74, 6) is 0.00528. The molecule has 0 atom stereocenters. The van der Waals surface area contributed by atoms with E-state index in [9.17, 15) is 4.79 Å². The third-order valence-corrected chi connectivity index (χ3v) is 3.95. The quantitative estimate of drug-likeness (QED) is 0.851. The number of carbonyl (C=O) groups excluding carboxylic acids is 1. The van der Waals surface area contributed by atoms with Gasteiger partial charge in [-0.3, -0.25) is 9.69 Å². The van der Waals surface area contributed by atoms with Crippen LogP contribution in [0, 0.1) is 0 Å². The van der Waals surface area contributed by atoms with E-state index in [0.29, 0.717) is 31.3 Å². The van der Waals surface area contributed by atoms with Crippen molar-refractivity contribution in [3.63, 3.8) is 0 Å². The lowest BCUT2D eigenvalue weighted by atomic mass is 10.2. The molecule has 6 heteroatoms. The van der Waals surface area contributed by atoms with Gasteiger partial charge in [0.1, 0.15) is 6.61 Å². The number of amides is 1. The van der Waals surface area contributed by atoms with Crippen molar-refractivity contribution in [3.8, 4) is 0 Å². The van der Waals surface area contributed by atoms with Crippen molar-refractivity contribution in [2.24, 2.45) is 0 Å². The van der Waals surface area contributed by atoms with Gasteiger partial charge in [0.2, 0.25) is 5.91 Å². The number of ether oxygens (including phenoxy) is 1. The second-order valence-corrected chi connectivity index (χ2v) is 5.44. The molecule has 1 aromatic carbocycles. The van der Waals surface area contributed by atoms with Gasteiger partial charge < -0.3 is 14.7 Å². The molecule has 1 aromatic rings. The van der Waals surface area contributed by atoms with Gasteiger partial charge in [-0.05, 0) is 11.6 Å². The van der Waals surface area contributed by atoms with E-state index in [2.05, 4.69) is 4.90 Å². The normalized spacial score (nSPS) is 16.2. The molecule has 1 saturated heterocycles. The number of aliphatic hydroxyl groups excluding tert-OH is 1. The average Bonchev–Trinajstić information content (AvgIpc) is 2.50. The number of carbonyl (C=O) groups is 1. The topological polar surface area (TPSA) is 53.0 Å². The van der Waals surface area contributed by atoms with E-state index >= 15 is 0 Å². The Hall–Kier alpha value is -1.14. The van der Waals surface area contributed by atoms with Crippen molar-refractivity contribution in [1.29, 1.82) is 0 Å². The summed E-state index contributed by atoms with van der Waals surface area (Å²) in [7, 11) is 0. The molecule has 0 saturated carbocycles. The maximum absolute atomic E-state index is 12.0. The molecule has 1 N–H and O–H groups in total. The second-order valence-electron chi connectivity index (χ2n) is 5.03. The molecule has 0 radical (unpaired) electrons. The Morgan fingerprint density at radius 1 is 1.24 bits per heavy atom. The zero-order valence-electron chi connectivity index (χ0n) is 12.0. The van der Waals surface area contributed by atoms with Crippen LogP contribution in [-0.4, -0.2) is 66.8 Å². The van der Waals surface area contributed by atoms with E-state index in [-0.39, 0.29) is 19.1 Å². The van der Waals surface area contributed by atoms with Gasteiger partial charge in [-0.1, -0.05) is 29.8 Å². The Morgan fingerprint density at radius 2 is 1.95 bits per heavy atom. The second kappa shape index (κ2) is 8.34. The maximum Gasteiger partial charge on any atom is 0.248 e. The van der Waals surface area contributed by atoms with Crippen LogP contribution in [0.25, 0.3) is 0 Å². The maximum atomic E-state index is 12.0. The van der Waals surface area contributed by atoms with E-state index in [1.807, 2.05) is 24.3 Å². The van der Waals surface area contributed by atoms with Crippen LogP contribution in [0.3, 0.4) is 0 Å². The minimum atomic E-state index is 0.00528. The number of halogens is 1. The molecular formula is C15H21ClN2O3. The molecule has 0 aliphatic carbocycles. The van der Waals surface area contributed by atoms with Crippen LogP contribution in [0.1, 0.15) is 5.56 Å². The molecule has 5 nitrogen and oxygen atoms in total. The molecule has 0 aromatic heterocycles. The summed E-state index contributed by atoms with van der Waals surface area (Å²) in [5.41, 5.74) is 0.889. The first-order chi connectivity index (χ1) is 10.2. The molecule has 1 fully saturated rings. The first-order valence-corrected chi connectivity index (χ1v) is 7.50. The molecule has 1 amide bonds. The highest BCUT2D eigenvalue weighted by atomic mass is 35.5. The minimum Gasteiger partial charge on any atom is -0.395 e. The minimum absolute atomic E-state index is 0.00528. The van der Waals surface area contributed by atoms with Crippen LogP contribution >= 0.6 is 11.6 Å². The van der Waals surface area contributed by atoms with Crippen molar-refractivity contribution in [2.45, 2.75) is 6.61 Å². The van der Waals surface area contributed by atoms with Gasteiger partial charge in [0, 0.05) is 37.7 Å². The fraction of sp³-hybridized carbons (Fsp3) is 0.533. The van der Waals surface area contributed by atoms with E-state index < -0.39 is 0 Å². The van der Waals surface area contributed by atoms with Crippen molar-refractivity contribution < 1.29 is 14.6 Å². The van der Waals surface area contributed by atoms with Crippen LogP contribution in [-0.2, 0) is 16.1 Å². The number of hydrogen-bond donors (Lipinski definition) is 1. The third kappa shape index (κ3) is 4.97. The van der Waals surface area contributed by atoms with Crippen LogP contribution in [0.15, 0.2) is 24.3 Å². The van der Waals surface area contributed by atoms with Gasteiger partial charge in [0.15, 0.2) is 0 Å². The molecular weight excluding hydrogens is 292 g/mol. The lowest BCUT2D eigenvalue weighted by Gasteiger charge is -2.34. The summed E-state index contributed by atoms with van der Waals surface area (Å²) < 4.78 is 5.46. The predicted octanol–water partition coefficient (Wildman–Crippen LogP) is 0.993. The monoisotopic (exact) mass is 312 g/mol. The number of aliphatic hydroxyl groups is 1. The van der Waals surface area contributed by atoms with Gasteiger partial charge in [0.05, 0.1) is 13.2 Å². The molecule has 1 aliphatic rings. The highest BCUT2D eigenvalue weighted by Gasteiger charge is 2.20. The predicted molar refractivity (Wildman–Crippen MR) is 81.2 cm³/mol. The molecule has 0 spiro atoms. The van der Waals surface area contributed by atoms with Crippen molar-refractivity contribution in [1.82, 2.24) is 9.80 Å². The summed E-state index contributed by atoms with van der Waals surface area (Å²) in [6, 6.07) is 7.46. The van der Waals surface area contributed by atoms with Gasteiger partial charge >= 0.3 is 0 Å². The largest absolute Gasteiger partial charge is 0.395 e. The Labute approximate surface area is 130 Å². The van der Waals surface area contributed by atoms with Crippen molar-refractivity contribution >= 4 is 17.5 Å². The van der Waals surface area contributed by atoms with Gasteiger partial charge in [-0.2, -0.15) is 0 Å². The van der Waals surface area contributed by atoms with E-state index in [1.54, 1.807) is 4.90 Å². The molecule has 0 unspecified atom stereocenters. The standard InChI is InChI=1S/C15H21ClN2O3/c16-14-4-2-1-3-13(14)11-21-12-15(20)18-7-5-17(6-8-18)9-10-19/h1-4,19H,5-12H2. The Kier molecular flexibility index (Phi) is 6.45. The average molecular weight is 313 g/mol. The van der Waals surface area contributed by atoms with E-state index in [0.717, 1.165) is 18.7 Å². The van der Waals surface area contributed by atoms with Gasteiger partial charge in [-0.25, -0.2) is 0 Å². The van der Waals surface area contributed by atoms with E-state index in [1.165, 1.54) is 0 Å². The molecule has 1 heterocycles. The zero-order valence-corrected chi connectivity index (χ0v) is 12.8. The first kappa shape index (κ1) is 16.2. The number of nitrogens with zero attached hydrogens (tertiary/aromatic N) is 2. The molecule has 1 aliphatic heterocycles. The highest BCUT2D eigenvalue weighted by Crippen LogP contribution is 2.15. The van der Waals surface area contributed by atoms with Crippen LogP contribution in [0.5, 0.6) is 0 Å². The summed E-state index contributed by atoms with van der Waals surface area (Å²) in [5, 5.41) is 9.54. The fourth-order valence-corrected chi connectivity index (χ4v) is 2.51. The number of hydrogen-bond acceptors (Lipinski definition) is 4.